The number of hydrogen-bond donors (Lipinski definition) is 2. The lowest BCUT2D eigenvalue weighted by molar-refractivity contribution is -0.122. The molecule has 1 amide bonds. The van der Waals surface area contributed by atoms with Crippen LogP contribution in [0.1, 0.15) is 42.0 Å². The lowest BCUT2D eigenvalue weighted by Gasteiger charge is -2.24. The molecule has 0 saturated heterocycles. The van der Waals surface area contributed by atoms with Gasteiger partial charge >= 0.3 is 0 Å². The molecule has 2 aromatic rings. The highest BCUT2D eigenvalue weighted by atomic mass is 32.1. The molecule has 0 radical (unpaired) electrons. The zero-order chi connectivity index (χ0) is 17.8. The van der Waals surface area contributed by atoms with Crippen molar-refractivity contribution in [1.29, 1.82) is 0 Å². The van der Waals surface area contributed by atoms with Gasteiger partial charge in [-0.2, -0.15) is 11.3 Å². The number of rotatable bonds is 7. The van der Waals surface area contributed by atoms with Crippen molar-refractivity contribution in [3.63, 3.8) is 0 Å². The quantitative estimate of drug-likeness (QED) is 0.796. The number of amides is 1. The maximum Gasteiger partial charge on any atom is 0.220 e. The number of nitrogens with zero attached hydrogens (tertiary/aromatic N) is 1. The molecule has 5 heteroatoms. The number of carbonyl (C=O) groups is 1. The number of carbonyl (C=O) groups excluding carboxylic acids is 1. The van der Waals surface area contributed by atoms with Gasteiger partial charge in [0, 0.05) is 12.5 Å². The highest BCUT2D eigenvalue weighted by molar-refractivity contribution is 7.08. The van der Waals surface area contributed by atoms with Crippen molar-refractivity contribution in [3.8, 4) is 5.75 Å². The van der Waals surface area contributed by atoms with Gasteiger partial charge in [0.25, 0.3) is 0 Å². The average molecular weight is 359 g/mol. The number of aryl methyl sites for hydroxylation is 1. The van der Waals surface area contributed by atoms with Crippen molar-refractivity contribution >= 4 is 17.2 Å². The van der Waals surface area contributed by atoms with E-state index in [1.165, 1.54) is 16.7 Å². The van der Waals surface area contributed by atoms with Crippen molar-refractivity contribution < 1.29 is 9.90 Å². The van der Waals surface area contributed by atoms with E-state index in [1.54, 1.807) is 23.5 Å². The minimum Gasteiger partial charge on any atom is -0.508 e. The Kier molecular flexibility index (Phi) is 5.76. The van der Waals surface area contributed by atoms with Crippen LogP contribution in [0.25, 0.3) is 0 Å². The van der Waals surface area contributed by atoms with Crippen LogP contribution in [-0.4, -0.2) is 36.1 Å². The van der Waals surface area contributed by atoms with Crippen molar-refractivity contribution in [3.05, 3.63) is 51.7 Å². The first kappa shape index (κ1) is 18.0. The molecule has 134 valence electrons. The van der Waals surface area contributed by atoms with Gasteiger partial charge in [-0.1, -0.05) is 12.1 Å². The second-order valence-corrected chi connectivity index (χ2v) is 7.78. The lowest BCUT2D eigenvalue weighted by atomic mass is 10.0. The Morgan fingerprint density at radius 3 is 2.80 bits per heavy atom. The molecule has 0 bridgehead atoms. The number of phenols is 1. The Hall–Kier alpha value is -1.85. The Bertz CT molecular complexity index is 709. The van der Waals surface area contributed by atoms with Gasteiger partial charge < -0.3 is 15.3 Å². The van der Waals surface area contributed by atoms with Crippen LogP contribution < -0.4 is 5.32 Å². The molecular formula is C20H26N2O2S. The maximum absolute atomic E-state index is 12.4. The minimum atomic E-state index is 0.140. The summed E-state index contributed by atoms with van der Waals surface area (Å²) >= 11 is 1.72. The molecule has 0 aliphatic heterocycles. The van der Waals surface area contributed by atoms with Crippen LogP contribution in [0.2, 0.25) is 0 Å². The molecule has 0 saturated carbocycles. The van der Waals surface area contributed by atoms with Crippen molar-refractivity contribution in [2.45, 2.75) is 44.2 Å². The van der Waals surface area contributed by atoms with E-state index >= 15 is 0 Å². The van der Waals surface area contributed by atoms with Gasteiger partial charge in [-0.25, -0.2) is 0 Å². The summed E-state index contributed by atoms with van der Waals surface area (Å²) in [7, 11) is 4.11. The third-order valence-corrected chi connectivity index (χ3v) is 5.84. The molecule has 1 aliphatic rings. The molecule has 1 aliphatic carbocycles. The SMILES string of the molecule is CN(C)[C@H](CCC(=O)NC1CCc2cscc21)Cc1ccc(O)cc1. The number of thiophene rings is 1. The van der Waals surface area contributed by atoms with Crippen molar-refractivity contribution in [2.75, 3.05) is 14.1 Å². The molecule has 2 atom stereocenters. The summed E-state index contributed by atoms with van der Waals surface area (Å²) in [6, 6.07) is 7.82. The molecule has 1 heterocycles. The number of likely N-dealkylation sites (N-methyl/N-ethyl adjacent to an activating group) is 1. The summed E-state index contributed by atoms with van der Waals surface area (Å²) in [5.41, 5.74) is 3.89. The second-order valence-electron chi connectivity index (χ2n) is 7.04. The molecule has 2 N–H and O–H groups in total. The van der Waals surface area contributed by atoms with Gasteiger partial charge in [-0.3, -0.25) is 4.79 Å². The topological polar surface area (TPSA) is 52.6 Å². The molecule has 3 rings (SSSR count). The van der Waals surface area contributed by atoms with Gasteiger partial charge in [-0.05, 0) is 79.4 Å². The monoisotopic (exact) mass is 358 g/mol. The van der Waals surface area contributed by atoms with Crippen LogP contribution in [0.15, 0.2) is 35.0 Å². The van der Waals surface area contributed by atoms with Gasteiger partial charge in [0.05, 0.1) is 6.04 Å². The van der Waals surface area contributed by atoms with Crippen LogP contribution >= 0.6 is 11.3 Å². The summed E-state index contributed by atoms with van der Waals surface area (Å²) in [6.07, 6.45) is 4.33. The van der Waals surface area contributed by atoms with Crippen molar-refractivity contribution in [2.24, 2.45) is 0 Å². The van der Waals surface area contributed by atoms with Gasteiger partial charge in [0.2, 0.25) is 5.91 Å². The maximum atomic E-state index is 12.4. The largest absolute Gasteiger partial charge is 0.508 e. The summed E-state index contributed by atoms with van der Waals surface area (Å²) in [6.45, 7) is 0. The Morgan fingerprint density at radius 2 is 2.08 bits per heavy atom. The van der Waals surface area contributed by atoms with Crippen LogP contribution in [0.3, 0.4) is 0 Å². The summed E-state index contributed by atoms with van der Waals surface area (Å²) < 4.78 is 0. The average Bonchev–Trinajstić information content (AvgIpc) is 3.18. The predicted molar refractivity (Wildman–Crippen MR) is 102 cm³/mol. The van der Waals surface area contributed by atoms with E-state index < -0.39 is 0 Å². The van der Waals surface area contributed by atoms with E-state index in [0.29, 0.717) is 12.5 Å². The van der Waals surface area contributed by atoms with Crippen LogP contribution in [-0.2, 0) is 17.6 Å². The molecule has 4 nitrogen and oxygen atoms in total. The number of fused-ring (bicyclic) bond motifs is 1. The Balaban J connectivity index is 1.51. The first-order valence-electron chi connectivity index (χ1n) is 8.81. The number of nitrogens with one attached hydrogen (secondary N) is 1. The third-order valence-electron chi connectivity index (χ3n) is 5.03. The van der Waals surface area contributed by atoms with Crippen LogP contribution in [0, 0.1) is 0 Å². The molecule has 0 fully saturated rings. The predicted octanol–water partition coefficient (Wildman–Crippen LogP) is 3.51. The van der Waals surface area contributed by atoms with Crippen LogP contribution in [0.4, 0.5) is 0 Å². The van der Waals surface area contributed by atoms with E-state index in [9.17, 15) is 9.90 Å². The number of aromatic hydroxyl groups is 1. The van der Waals surface area contributed by atoms with E-state index in [4.69, 9.17) is 0 Å². The molecule has 1 aromatic carbocycles. The molecular weight excluding hydrogens is 332 g/mol. The Morgan fingerprint density at radius 1 is 1.32 bits per heavy atom. The summed E-state index contributed by atoms with van der Waals surface area (Å²) in [5, 5.41) is 17.0. The number of hydrogen-bond acceptors (Lipinski definition) is 4. The number of phenolic OH excluding ortho intramolecular Hbond substituents is 1. The van der Waals surface area contributed by atoms with E-state index in [1.807, 2.05) is 12.1 Å². The van der Waals surface area contributed by atoms with Gasteiger partial charge in [0.15, 0.2) is 0 Å². The van der Waals surface area contributed by atoms with E-state index in [-0.39, 0.29) is 17.7 Å². The molecule has 25 heavy (non-hydrogen) atoms. The highest BCUT2D eigenvalue weighted by Gasteiger charge is 2.25. The summed E-state index contributed by atoms with van der Waals surface area (Å²) in [5.74, 6) is 0.426. The first-order valence-corrected chi connectivity index (χ1v) is 9.76. The third kappa shape index (κ3) is 4.61. The second kappa shape index (κ2) is 8.02. The first-order chi connectivity index (χ1) is 12.0. The molecule has 1 unspecified atom stereocenters. The fraction of sp³-hybridized carbons (Fsp3) is 0.450. The van der Waals surface area contributed by atoms with E-state index in [2.05, 4.69) is 35.1 Å². The fourth-order valence-corrected chi connectivity index (χ4v) is 4.41. The lowest BCUT2D eigenvalue weighted by Crippen LogP contribution is -2.33. The van der Waals surface area contributed by atoms with Gasteiger partial charge in [-0.15, -0.1) is 0 Å². The van der Waals surface area contributed by atoms with Crippen LogP contribution in [0.5, 0.6) is 5.75 Å². The van der Waals surface area contributed by atoms with Crippen molar-refractivity contribution in [1.82, 2.24) is 10.2 Å². The van der Waals surface area contributed by atoms with E-state index in [0.717, 1.165) is 25.7 Å². The summed E-state index contributed by atoms with van der Waals surface area (Å²) in [4.78, 5) is 14.6. The molecule has 0 spiro atoms. The number of benzene rings is 1. The Labute approximate surface area is 153 Å². The standard InChI is InChI=1S/C20H26N2O2S/c1-22(2)16(11-14-3-7-17(23)8-4-14)6-10-20(24)21-19-9-5-15-12-25-13-18(15)19/h3-4,7-8,12-13,16,19,23H,5-6,9-11H2,1-2H3,(H,21,24)/t16-,19?/m1/s1. The fourth-order valence-electron chi connectivity index (χ4n) is 3.46. The highest BCUT2D eigenvalue weighted by Crippen LogP contribution is 2.33. The van der Waals surface area contributed by atoms with Gasteiger partial charge in [0.1, 0.15) is 5.75 Å². The zero-order valence-electron chi connectivity index (χ0n) is 14.9. The zero-order valence-corrected chi connectivity index (χ0v) is 15.7. The smallest absolute Gasteiger partial charge is 0.220 e. The minimum absolute atomic E-state index is 0.140. The molecule has 1 aromatic heterocycles. The normalized spacial score (nSPS) is 17.5.